The SMILES string of the molecule is C=CC[C@@H](C)[C@@H](O)[C@H]1C(=O)N[C@@H](CC)C(=O)N(C)[C@H](SCCN(C)CC(C)(C)C)C(=O)N(C)[C@@H](CC(C)(C)O)C(=O)NC(=O)N(C)C(=O)NC(=O)N[C@@H](C)C(=O)N(C)C(=O)N(C)C(=O)N(C)[C@@H](C(C)C)C(=O)N1C. The second-order valence-corrected chi connectivity index (χ2v) is 22.3. The molecule has 420 valence electrons. The highest BCUT2D eigenvalue weighted by Gasteiger charge is 2.45. The molecular weight excluding hydrogens is 985 g/mol. The fraction of sp³-hybridized carbons (Fsp3) is 0.729. The highest BCUT2D eigenvalue weighted by atomic mass is 32.2. The van der Waals surface area contributed by atoms with Crippen molar-refractivity contribution in [2.45, 2.75) is 136 Å². The lowest BCUT2D eigenvalue weighted by atomic mass is 9.92. The lowest BCUT2D eigenvalue weighted by Crippen LogP contribution is -2.63. The summed E-state index contributed by atoms with van der Waals surface area (Å²) in [6.07, 6.45) is -0.426. The summed E-state index contributed by atoms with van der Waals surface area (Å²) in [4.78, 5) is 161. The van der Waals surface area contributed by atoms with E-state index >= 15 is 0 Å². The van der Waals surface area contributed by atoms with Gasteiger partial charge in [0, 0.05) is 74.6 Å². The van der Waals surface area contributed by atoms with Crippen molar-refractivity contribution in [3.8, 4) is 0 Å². The molecule has 26 heteroatoms. The first-order chi connectivity index (χ1) is 33.9. The van der Waals surface area contributed by atoms with Gasteiger partial charge in [-0.25, -0.2) is 33.8 Å². The molecular formula is C48H84N12O13S. The molecule has 0 aliphatic carbocycles. The van der Waals surface area contributed by atoms with Crippen LogP contribution in [-0.4, -0.2) is 238 Å². The van der Waals surface area contributed by atoms with Crippen LogP contribution in [0.3, 0.4) is 0 Å². The quantitative estimate of drug-likeness (QED) is 0.142. The minimum atomic E-state index is -1.70. The van der Waals surface area contributed by atoms with Crippen molar-refractivity contribution in [2.24, 2.45) is 17.3 Å². The monoisotopic (exact) mass is 1070 g/mol. The van der Waals surface area contributed by atoms with E-state index in [9.17, 15) is 63.0 Å². The van der Waals surface area contributed by atoms with Crippen LogP contribution < -0.4 is 21.3 Å². The fourth-order valence-corrected chi connectivity index (χ4v) is 9.40. The summed E-state index contributed by atoms with van der Waals surface area (Å²) in [5, 5.41) is 30.1. The average molecular weight is 1070 g/mol. The van der Waals surface area contributed by atoms with Gasteiger partial charge in [0.1, 0.15) is 30.2 Å². The zero-order valence-corrected chi connectivity index (χ0v) is 47.4. The van der Waals surface area contributed by atoms with Crippen LogP contribution in [0.4, 0.5) is 24.0 Å². The molecule has 0 aromatic rings. The lowest BCUT2D eigenvalue weighted by Gasteiger charge is -2.40. The van der Waals surface area contributed by atoms with Gasteiger partial charge < -0.3 is 45.3 Å². The van der Waals surface area contributed by atoms with E-state index in [1.54, 1.807) is 27.7 Å². The van der Waals surface area contributed by atoms with E-state index in [-0.39, 0.29) is 24.0 Å². The Morgan fingerprint density at radius 1 is 0.703 bits per heavy atom. The Kier molecular flexibility index (Phi) is 25.2. The van der Waals surface area contributed by atoms with Crippen LogP contribution >= 0.6 is 11.8 Å². The summed E-state index contributed by atoms with van der Waals surface area (Å²) in [6, 6.07) is -14.0. The summed E-state index contributed by atoms with van der Waals surface area (Å²) in [5.74, 6) is -6.82. The molecule has 0 saturated carbocycles. The number of amides is 16. The Labute approximate surface area is 440 Å². The van der Waals surface area contributed by atoms with Crippen molar-refractivity contribution in [2.75, 3.05) is 75.2 Å². The molecule has 1 rings (SSSR count). The summed E-state index contributed by atoms with van der Waals surface area (Å²) in [7, 11) is 9.84. The second-order valence-electron chi connectivity index (χ2n) is 21.1. The second kappa shape index (κ2) is 28.2. The van der Waals surface area contributed by atoms with Crippen molar-refractivity contribution in [3.05, 3.63) is 12.7 Å². The van der Waals surface area contributed by atoms with E-state index in [4.69, 9.17) is 0 Å². The van der Waals surface area contributed by atoms with Gasteiger partial charge in [0.05, 0.1) is 11.7 Å². The summed E-state index contributed by atoms with van der Waals surface area (Å²) >= 11 is 1.04. The van der Waals surface area contributed by atoms with Crippen LogP contribution in [0.2, 0.25) is 0 Å². The third kappa shape index (κ3) is 18.5. The van der Waals surface area contributed by atoms with Crippen LogP contribution in [0.5, 0.6) is 0 Å². The van der Waals surface area contributed by atoms with E-state index in [1.165, 1.54) is 48.1 Å². The van der Waals surface area contributed by atoms with E-state index in [0.29, 0.717) is 27.8 Å². The molecule has 1 aliphatic rings. The number of aliphatic hydroxyl groups excluding tert-OH is 1. The van der Waals surface area contributed by atoms with Crippen molar-refractivity contribution >= 4 is 77.4 Å². The summed E-state index contributed by atoms with van der Waals surface area (Å²) < 4.78 is 0. The van der Waals surface area contributed by atoms with Gasteiger partial charge in [0.25, 0.3) is 17.7 Å². The molecule has 16 amide bonds. The number of nitrogens with zero attached hydrogens (tertiary/aromatic N) is 8. The van der Waals surface area contributed by atoms with Gasteiger partial charge in [-0.2, -0.15) is 0 Å². The number of imide groups is 5. The zero-order valence-electron chi connectivity index (χ0n) is 46.6. The third-order valence-electron chi connectivity index (χ3n) is 12.3. The highest BCUT2D eigenvalue weighted by molar-refractivity contribution is 8.00. The van der Waals surface area contributed by atoms with Crippen molar-refractivity contribution in [1.82, 2.24) is 60.5 Å². The molecule has 74 heavy (non-hydrogen) atoms. The molecule has 0 radical (unpaired) electrons. The third-order valence-corrected chi connectivity index (χ3v) is 13.5. The first-order valence-corrected chi connectivity index (χ1v) is 25.4. The maximum Gasteiger partial charge on any atom is 0.334 e. The van der Waals surface area contributed by atoms with Crippen LogP contribution in [0, 0.1) is 17.3 Å². The topological polar surface area (TPSA) is 302 Å². The molecule has 0 bridgehead atoms. The van der Waals surface area contributed by atoms with Gasteiger partial charge >= 0.3 is 30.2 Å². The molecule has 0 aromatic carbocycles. The molecule has 0 aromatic heterocycles. The first kappa shape index (κ1) is 66.2. The Morgan fingerprint density at radius 2 is 1.26 bits per heavy atom. The predicted molar refractivity (Wildman–Crippen MR) is 278 cm³/mol. The van der Waals surface area contributed by atoms with E-state index < -0.39 is 131 Å². The number of thioether (sulfide) groups is 1. The Morgan fingerprint density at radius 3 is 1.76 bits per heavy atom. The summed E-state index contributed by atoms with van der Waals surface area (Å²) in [5.41, 5.74) is -1.75. The van der Waals surface area contributed by atoms with E-state index in [0.717, 1.165) is 59.4 Å². The number of likely N-dealkylation sites (N-methyl/N-ethyl adjacent to an activating group) is 5. The minimum absolute atomic E-state index is 0.0656. The Hall–Kier alpha value is -5.86. The van der Waals surface area contributed by atoms with E-state index in [1.807, 2.05) is 22.6 Å². The molecule has 0 spiro atoms. The van der Waals surface area contributed by atoms with Crippen molar-refractivity contribution in [1.29, 1.82) is 0 Å². The van der Waals surface area contributed by atoms with Crippen LogP contribution in [0.15, 0.2) is 12.7 Å². The van der Waals surface area contributed by atoms with Crippen LogP contribution in [-0.2, 0) is 28.8 Å². The summed E-state index contributed by atoms with van der Waals surface area (Å²) in [6.45, 7) is 21.2. The number of hydrogen-bond donors (Lipinski definition) is 6. The number of hydrogen-bond acceptors (Lipinski definition) is 15. The first-order valence-electron chi connectivity index (χ1n) is 24.3. The largest absolute Gasteiger partial charge is 0.390 e. The molecule has 1 saturated heterocycles. The normalized spacial score (nSPS) is 24.2. The number of carbonyl (C=O) groups excluding carboxylic acids is 11. The number of aliphatic hydroxyl groups is 2. The number of urea groups is 5. The molecule has 25 nitrogen and oxygen atoms in total. The van der Waals surface area contributed by atoms with Gasteiger partial charge in [0.2, 0.25) is 17.7 Å². The number of allylic oxidation sites excluding steroid dienone is 1. The highest BCUT2D eigenvalue weighted by Crippen LogP contribution is 2.25. The van der Waals surface area contributed by atoms with E-state index in [2.05, 4.69) is 38.0 Å². The van der Waals surface area contributed by atoms with Gasteiger partial charge in [-0.3, -0.25) is 44.3 Å². The van der Waals surface area contributed by atoms with Crippen molar-refractivity contribution < 1.29 is 63.0 Å². The smallest absolute Gasteiger partial charge is 0.334 e. The standard InChI is InChI=1S/C48H84N12O13S/c1-20-22-28(5)34(61)33-36(63)50-30(21-2)38(65)57(16)41(74-24-23-53(12)26-47(7,8)9)40(67)54(13)31(25-48(10,11)73)35(62)51-43(69)59(18)44(70)52-42(68)49-29(6)37(64)58(17)46(72)60(19)45(71)56(15)32(27(3)4)39(66)55(33)14/h20,27-34,41,61,73H,1,21-26H2,2-19H3,(H,50,63)(H,51,62,69)(H2,49,52,68,70)/t28-,29+,30+,31+,32+,33+,34-,41-/m1/s1. The van der Waals surface area contributed by atoms with Crippen LogP contribution in [0.25, 0.3) is 0 Å². The maximum atomic E-state index is 14.8. The predicted octanol–water partition coefficient (Wildman–Crippen LogP) is 1.34. The van der Waals surface area contributed by atoms with Gasteiger partial charge in [-0.15, -0.1) is 18.3 Å². The number of carbonyl (C=O) groups is 11. The molecule has 6 N–H and O–H groups in total. The van der Waals surface area contributed by atoms with Crippen molar-refractivity contribution in [3.63, 3.8) is 0 Å². The van der Waals surface area contributed by atoms with Gasteiger partial charge in [0.15, 0.2) is 5.37 Å². The Balaban J connectivity index is 4.19. The minimum Gasteiger partial charge on any atom is -0.390 e. The van der Waals surface area contributed by atoms with Gasteiger partial charge in [-0.1, -0.05) is 54.5 Å². The van der Waals surface area contributed by atoms with Crippen LogP contribution in [0.1, 0.15) is 88.5 Å². The number of nitrogens with one attached hydrogen (secondary N) is 4. The molecule has 1 aliphatic heterocycles. The maximum absolute atomic E-state index is 14.8. The Bertz CT molecular complexity index is 2080. The molecule has 1 heterocycles. The average Bonchev–Trinajstić information content (AvgIpc) is 3.29. The lowest BCUT2D eigenvalue weighted by molar-refractivity contribution is -0.150. The number of rotatable bonds is 13. The molecule has 8 atom stereocenters. The molecule has 0 unspecified atom stereocenters. The zero-order chi connectivity index (χ0) is 57.7. The molecule has 1 fully saturated rings. The van der Waals surface area contributed by atoms with Gasteiger partial charge in [-0.05, 0) is 57.9 Å². The fourth-order valence-electron chi connectivity index (χ4n) is 8.13.